The first-order valence-corrected chi connectivity index (χ1v) is 8.95. The maximum Gasteiger partial charge on any atom is 0.109 e. The van der Waals surface area contributed by atoms with Crippen molar-refractivity contribution >= 4 is 21.6 Å². The fourth-order valence-electron chi connectivity index (χ4n) is 4.10. The molecule has 0 aliphatic heterocycles. The Morgan fingerprint density at radius 1 is 1.38 bits per heavy atom. The third kappa shape index (κ3) is 2.85. The highest BCUT2D eigenvalue weighted by Gasteiger charge is 2.55. The van der Waals surface area contributed by atoms with Crippen LogP contribution in [0.15, 0.2) is 16.9 Å². The monoisotopic (exact) mass is 352 g/mol. The zero-order chi connectivity index (χ0) is 14.9. The largest absolute Gasteiger partial charge is 0.380 e. The van der Waals surface area contributed by atoms with Crippen molar-refractivity contribution in [1.82, 2.24) is 4.98 Å². The van der Waals surface area contributed by atoms with Crippen LogP contribution in [0.5, 0.6) is 0 Å². The molecule has 2 unspecified atom stereocenters. The molecule has 0 amide bonds. The third-order valence-corrected chi connectivity index (χ3v) is 6.12. The van der Waals surface area contributed by atoms with E-state index in [9.17, 15) is 0 Å². The molecule has 1 heterocycles. The van der Waals surface area contributed by atoms with Crippen molar-refractivity contribution in [2.45, 2.75) is 64.5 Å². The van der Waals surface area contributed by atoms with Crippen LogP contribution in [-0.2, 0) is 4.74 Å². The van der Waals surface area contributed by atoms with Gasteiger partial charge < -0.3 is 10.1 Å². The lowest BCUT2D eigenvalue weighted by Crippen LogP contribution is -2.62. The molecule has 1 spiro atoms. The number of aryl methyl sites for hydroxylation is 1. The average Bonchev–Trinajstić information content (AvgIpc) is 2.50. The van der Waals surface area contributed by atoms with E-state index in [4.69, 9.17) is 4.74 Å². The Hall–Kier alpha value is -0.610. The van der Waals surface area contributed by atoms with E-state index in [-0.39, 0.29) is 0 Å². The van der Waals surface area contributed by atoms with Gasteiger partial charge in [0.1, 0.15) is 4.60 Å². The molecule has 3 nitrogen and oxygen atoms in total. The number of rotatable bonds is 4. The zero-order valence-corrected chi connectivity index (χ0v) is 14.6. The molecule has 1 N–H and O–H groups in total. The fraction of sp³-hybridized carbons (Fsp3) is 0.706. The second kappa shape index (κ2) is 6.25. The zero-order valence-electron chi connectivity index (χ0n) is 13.0. The fourth-order valence-corrected chi connectivity index (χ4v) is 4.32. The van der Waals surface area contributed by atoms with Crippen molar-refractivity contribution in [3.05, 3.63) is 22.4 Å². The van der Waals surface area contributed by atoms with Gasteiger partial charge in [-0.1, -0.05) is 19.3 Å². The molecule has 0 saturated heterocycles. The minimum atomic E-state index is 0.356. The number of aromatic nitrogens is 1. The van der Waals surface area contributed by atoms with Gasteiger partial charge in [0, 0.05) is 18.1 Å². The molecule has 4 heteroatoms. The molecular formula is C17H25BrN2O. The molecule has 0 radical (unpaired) electrons. The van der Waals surface area contributed by atoms with Gasteiger partial charge in [-0.2, -0.15) is 0 Å². The Morgan fingerprint density at radius 3 is 2.81 bits per heavy atom. The van der Waals surface area contributed by atoms with E-state index >= 15 is 0 Å². The molecule has 2 aliphatic carbocycles. The van der Waals surface area contributed by atoms with Crippen molar-refractivity contribution in [1.29, 1.82) is 0 Å². The molecule has 2 saturated carbocycles. The molecule has 2 fully saturated rings. The summed E-state index contributed by atoms with van der Waals surface area (Å²) in [5.74, 6) is 0. The van der Waals surface area contributed by atoms with Crippen molar-refractivity contribution in [2.24, 2.45) is 5.41 Å². The summed E-state index contributed by atoms with van der Waals surface area (Å²) in [5, 5.41) is 3.73. The third-order valence-electron chi connectivity index (χ3n) is 5.29. The van der Waals surface area contributed by atoms with Crippen LogP contribution in [-0.4, -0.2) is 23.7 Å². The second-order valence-electron chi connectivity index (χ2n) is 6.50. The Bertz CT molecular complexity index is 500. The van der Waals surface area contributed by atoms with Crippen LogP contribution in [0.3, 0.4) is 0 Å². The molecule has 1 aromatic heterocycles. The van der Waals surface area contributed by atoms with Crippen molar-refractivity contribution in [3.63, 3.8) is 0 Å². The van der Waals surface area contributed by atoms with Gasteiger partial charge in [0.25, 0.3) is 0 Å². The summed E-state index contributed by atoms with van der Waals surface area (Å²) in [4.78, 5) is 4.40. The van der Waals surface area contributed by atoms with E-state index in [1.165, 1.54) is 37.7 Å². The molecule has 21 heavy (non-hydrogen) atoms. The van der Waals surface area contributed by atoms with Gasteiger partial charge in [0.05, 0.1) is 18.0 Å². The Morgan fingerprint density at radius 2 is 2.14 bits per heavy atom. The summed E-state index contributed by atoms with van der Waals surface area (Å²) < 4.78 is 6.95. The highest BCUT2D eigenvalue weighted by molar-refractivity contribution is 9.10. The molecule has 116 valence electrons. The summed E-state index contributed by atoms with van der Waals surface area (Å²) in [5.41, 5.74) is 2.67. The van der Waals surface area contributed by atoms with Gasteiger partial charge in [-0.25, -0.2) is 4.98 Å². The maximum atomic E-state index is 6.02. The van der Waals surface area contributed by atoms with Gasteiger partial charge in [-0.3, -0.25) is 0 Å². The Kier molecular flexibility index (Phi) is 4.55. The summed E-state index contributed by atoms with van der Waals surface area (Å²) in [6.07, 6.45) is 10.2. The van der Waals surface area contributed by atoms with Crippen molar-refractivity contribution < 1.29 is 4.74 Å². The van der Waals surface area contributed by atoms with Crippen LogP contribution in [0.25, 0.3) is 0 Å². The van der Waals surface area contributed by atoms with Crippen LogP contribution >= 0.6 is 15.9 Å². The van der Waals surface area contributed by atoms with E-state index in [1.54, 1.807) is 0 Å². The Labute approximate surface area is 136 Å². The summed E-state index contributed by atoms with van der Waals surface area (Å²) in [6, 6.07) is 2.72. The van der Waals surface area contributed by atoms with E-state index in [0.717, 1.165) is 23.3 Å². The number of nitrogens with zero attached hydrogens (tertiary/aromatic N) is 1. The average molecular weight is 353 g/mol. The molecule has 3 rings (SSSR count). The number of ether oxygens (including phenoxy) is 1. The first-order valence-electron chi connectivity index (χ1n) is 8.16. The van der Waals surface area contributed by atoms with Crippen LogP contribution in [0.4, 0.5) is 5.69 Å². The standard InChI is InChI=1S/C17H25BrN2O/c1-3-21-15-10-14(17(15)7-5-4-6-8-17)20-13-9-12(2)16(18)19-11-13/h9,11,14-15,20H,3-8,10H2,1-2H3. The molecule has 2 atom stereocenters. The SMILES string of the molecule is CCOC1CC(Nc2cnc(Br)c(C)c2)C12CCCCC2. The Balaban J connectivity index is 1.73. The predicted octanol–water partition coefficient (Wildman–Crippen LogP) is 4.69. The van der Waals surface area contributed by atoms with Crippen LogP contribution in [0.2, 0.25) is 0 Å². The molecular weight excluding hydrogens is 328 g/mol. The summed E-state index contributed by atoms with van der Waals surface area (Å²) in [6.45, 7) is 5.03. The molecule has 0 bridgehead atoms. The number of anilines is 1. The summed E-state index contributed by atoms with van der Waals surface area (Å²) >= 11 is 3.47. The lowest BCUT2D eigenvalue weighted by molar-refractivity contribution is -0.134. The van der Waals surface area contributed by atoms with E-state index < -0.39 is 0 Å². The number of halogens is 1. The number of nitrogens with one attached hydrogen (secondary N) is 1. The number of hydrogen-bond donors (Lipinski definition) is 1. The molecule has 2 aliphatic rings. The van der Waals surface area contributed by atoms with Gasteiger partial charge in [-0.05, 0) is 60.7 Å². The van der Waals surface area contributed by atoms with Crippen molar-refractivity contribution in [3.8, 4) is 0 Å². The first-order chi connectivity index (χ1) is 10.2. The highest BCUT2D eigenvalue weighted by Crippen LogP contribution is 2.54. The number of hydrogen-bond acceptors (Lipinski definition) is 3. The minimum Gasteiger partial charge on any atom is -0.380 e. The normalized spacial score (nSPS) is 27.4. The van der Waals surface area contributed by atoms with Gasteiger partial charge in [0.2, 0.25) is 0 Å². The van der Waals surface area contributed by atoms with Gasteiger partial charge in [0.15, 0.2) is 0 Å². The van der Waals surface area contributed by atoms with Crippen LogP contribution in [0.1, 0.15) is 51.0 Å². The highest BCUT2D eigenvalue weighted by atomic mass is 79.9. The molecule has 0 aromatic carbocycles. The first kappa shape index (κ1) is 15.3. The van der Waals surface area contributed by atoms with E-state index in [1.807, 2.05) is 6.20 Å². The minimum absolute atomic E-state index is 0.356. The topological polar surface area (TPSA) is 34.1 Å². The van der Waals surface area contributed by atoms with Crippen LogP contribution < -0.4 is 5.32 Å². The quantitative estimate of drug-likeness (QED) is 0.798. The second-order valence-corrected chi connectivity index (χ2v) is 7.25. The predicted molar refractivity (Wildman–Crippen MR) is 89.6 cm³/mol. The van der Waals surface area contributed by atoms with Gasteiger partial charge >= 0.3 is 0 Å². The molecule has 1 aromatic rings. The van der Waals surface area contributed by atoms with E-state index in [0.29, 0.717) is 17.6 Å². The number of pyridine rings is 1. The summed E-state index contributed by atoms with van der Waals surface area (Å²) in [7, 11) is 0. The maximum absolute atomic E-state index is 6.02. The lowest BCUT2D eigenvalue weighted by Gasteiger charge is -2.58. The smallest absolute Gasteiger partial charge is 0.109 e. The van der Waals surface area contributed by atoms with Crippen LogP contribution in [0, 0.1) is 12.3 Å². The van der Waals surface area contributed by atoms with E-state index in [2.05, 4.69) is 46.1 Å². The van der Waals surface area contributed by atoms with Gasteiger partial charge in [-0.15, -0.1) is 0 Å². The lowest BCUT2D eigenvalue weighted by atomic mass is 9.55. The van der Waals surface area contributed by atoms with Crippen molar-refractivity contribution in [2.75, 3.05) is 11.9 Å².